The van der Waals surface area contributed by atoms with Crippen LogP contribution in [-0.4, -0.2) is 78.1 Å². The van der Waals surface area contributed by atoms with Crippen LogP contribution in [0.1, 0.15) is 35.2 Å². The molecule has 11 nitrogen and oxygen atoms in total. The van der Waals surface area contributed by atoms with Gasteiger partial charge in [-0.2, -0.15) is 0 Å². The molecule has 226 valence electrons. The fraction of sp³-hybridized carbons (Fsp3) is 0.344. The number of methoxy groups -OCH3 is 1. The fourth-order valence-corrected chi connectivity index (χ4v) is 5.18. The molecule has 43 heavy (non-hydrogen) atoms. The number of anilines is 1. The maximum atomic E-state index is 13.0. The molecular weight excluding hydrogens is 550 g/mol. The molecule has 0 saturated carbocycles. The van der Waals surface area contributed by atoms with Crippen molar-refractivity contribution in [2.45, 2.75) is 31.8 Å². The minimum absolute atomic E-state index is 0.165. The summed E-state index contributed by atoms with van der Waals surface area (Å²) < 4.78 is 18.9. The van der Waals surface area contributed by atoms with E-state index in [-0.39, 0.29) is 24.6 Å². The summed E-state index contributed by atoms with van der Waals surface area (Å²) in [6.45, 7) is 2.82. The molecule has 0 radical (unpaired) electrons. The van der Waals surface area contributed by atoms with Crippen LogP contribution in [0.5, 0.6) is 17.2 Å². The van der Waals surface area contributed by atoms with E-state index in [0.29, 0.717) is 53.8 Å². The van der Waals surface area contributed by atoms with E-state index in [2.05, 4.69) is 20.5 Å². The number of hydrogen-bond donors (Lipinski definition) is 3. The minimum Gasteiger partial charge on any atom is -0.490 e. The molecule has 1 saturated heterocycles. The van der Waals surface area contributed by atoms with Crippen LogP contribution in [-0.2, 0) is 11.3 Å². The number of nitrogens with zero attached hydrogens (tertiary/aromatic N) is 3. The van der Waals surface area contributed by atoms with E-state index in [0.717, 1.165) is 36.9 Å². The molecule has 2 amide bonds. The van der Waals surface area contributed by atoms with Crippen molar-refractivity contribution in [1.82, 2.24) is 19.8 Å². The highest BCUT2D eigenvalue weighted by Crippen LogP contribution is 2.37. The summed E-state index contributed by atoms with van der Waals surface area (Å²) in [4.78, 5) is 31.9. The van der Waals surface area contributed by atoms with Crippen molar-refractivity contribution in [2.75, 3.05) is 45.8 Å². The van der Waals surface area contributed by atoms with Crippen molar-refractivity contribution >= 4 is 28.7 Å². The van der Waals surface area contributed by atoms with Gasteiger partial charge < -0.3 is 30.0 Å². The second-order valence-electron chi connectivity index (χ2n) is 10.4. The predicted octanol–water partition coefficient (Wildman–Crippen LogP) is 4.64. The number of carbonyl (C=O) groups excluding carboxylic acids is 2. The molecule has 1 aliphatic rings. The van der Waals surface area contributed by atoms with Gasteiger partial charge in [0, 0.05) is 75.2 Å². The molecule has 2 aromatic heterocycles. The molecule has 0 aliphatic carbocycles. The topological polar surface area (TPSA) is 127 Å². The summed E-state index contributed by atoms with van der Waals surface area (Å²) in [5.74, 6) is 1.43. The normalized spacial score (nSPS) is 15.0. The number of ether oxygens (including phenoxy) is 3. The molecule has 1 fully saturated rings. The molecule has 0 bridgehead atoms. The van der Waals surface area contributed by atoms with E-state index >= 15 is 0 Å². The number of aliphatic hydroxyl groups is 1. The highest BCUT2D eigenvalue weighted by atomic mass is 16.5. The van der Waals surface area contributed by atoms with Gasteiger partial charge in [0.25, 0.3) is 5.91 Å². The van der Waals surface area contributed by atoms with Gasteiger partial charge in [-0.05, 0) is 55.3 Å². The maximum absolute atomic E-state index is 13.0. The average Bonchev–Trinajstić information content (AvgIpc) is 3.65. The van der Waals surface area contributed by atoms with Crippen molar-refractivity contribution in [3.05, 3.63) is 78.1 Å². The summed E-state index contributed by atoms with van der Waals surface area (Å²) in [5.41, 5.74) is 2.28. The van der Waals surface area contributed by atoms with Crippen molar-refractivity contribution < 1.29 is 28.9 Å². The molecule has 2 aromatic carbocycles. The van der Waals surface area contributed by atoms with E-state index in [4.69, 9.17) is 14.2 Å². The zero-order valence-electron chi connectivity index (χ0n) is 24.4. The number of carbonyl (C=O) groups is 2. The molecule has 0 unspecified atom stereocenters. The Hall–Kier alpha value is -4.45. The zero-order chi connectivity index (χ0) is 30.2. The average molecular weight is 588 g/mol. The number of nitrogens with one attached hydrogen (secondary N) is 2. The first-order valence-electron chi connectivity index (χ1n) is 14.4. The van der Waals surface area contributed by atoms with Gasteiger partial charge in [0.2, 0.25) is 0 Å². The number of aromatic nitrogens is 2. The molecule has 1 atom stereocenters. The van der Waals surface area contributed by atoms with Gasteiger partial charge >= 0.3 is 6.03 Å². The van der Waals surface area contributed by atoms with Crippen molar-refractivity contribution in [2.24, 2.45) is 0 Å². The van der Waals surface area contributed by atoms with Crippen LogP contribution in [0.2, 0.25) is 0 Å². The summed E-state index contributed by atoms with van der Waals surface area (Å²) >= 11 is 0. The van der Waals surface area contributed by atoms with E-state index < -0.39 is 0 Å². The Bertz CT molecular complexity index is 1550. The maximum Gasteiger partial charge on any atom is 0.325 e. The summed E-state index contributed by atoms with van der Waals surface area (Å²) in [5, 5.41) is 15.8. The Labute approximate surface area is 250 Å². The molecule has 1 aliphatic heterocycles. The molecule has 3 heterocycles. The minimum atomic E-state index is -0.287. The Kier molecular flexibility index (Phi) is 9.88. The van der Waals surface area contributed by atoms with Crippen LogP contribution in [0.3, 0.4) is 0 Å². The standard InChI is InChI=1S/C32H37N5O6/c1-33-32(40)37-14-11-24-17-29(28(19-27(24)37)42-16-4-15-41-2)43-26-10-12-34-30(18-26)35-31(39)23-8-6-22(7-9-23)20-36-13-3-5-25(36)21-38/h6-12,14,17-19,25,38H,3-5,13,15-16,20-21H2,1-2H3,(H,33,40)(H,34,35,39)/t25-/m0/s1. The third-order valence-electron chi connectivity index (χ3n) is 7.45. The van der Waals surface area contributed by atoms with Crippen LogP contribution >= 0.6 is 0 Å². The van der Waals surface area contributed by atoms with Crippen molar-refractivity contribution in [1.29, 1.82) is 0 Å². The fourth-order valence-electron chi connectivity index (χ4n) is 5.18. The highest BCUT2D eigenvalue weighted by Gasteiger charge is 2.23. The largest absolute Gasteiger partial charge is 0.490 e. The van der Waals surface area contributed by atoms with Gasteiger partial charge in [-0.3, -0.25) is 14.3 Å². The van der Waals surface area contributed by atoms with Gasteiger partial charge in [0.15, 0.2) is 11.5 Å². The number of pyridine rings is 1. The van der Waals surface area contributed by atoms with Crippen LogP contribution in [0.15, 0.2) is 67.0 Å². The van der Waals surface area contributed by atoms with E-state index in [1.54, 1.807) is 56.9 Å². The van der Waals surface area contributed by atoms with Crippen LogP contribution in [0.25, 0.3) is 10.9 Å². The smallest absolute Gasteiger partial charge is 0.325 e. The summed E-state index contributed by atoms with van der Waals surface area (Å²) in [6, 6.07) is 16.1. The van der Waals surface area contributed by atoms with Gasteiger partial charge in [-0.1, -0.05) is 12.1 Å². The Morgan fingerprint density at radius 3 is 2.67 bits per heavy atom. The lowest BCUT2D eigenvalue weighted by Gasteiger charge is -2.22. The zero-order valence-corrected chi connectivity index (χ0v) is 24.4. The predicted molar refractivity (Wildman–Crippen MR) is 163 cm³/mol. The first kappa shape index (κ1) is 30.0. The van der Waals surface area contributed by atoms with Crippen LogP contribution in [0, 0.1) is 0 Å². The lowest BCUT2D eigenvalue weighted by molar-refractivity contribution is 0.102. The number of amides is 2. The number of rotatable bonds is 12. The SMILES string of the molecule is CNC(=O)n1ccc2cc(Oc3ccnc(NC(=O)c4ccc(CN5CCC[C@H]5CO)cc4)c3)c(OCCCOC)cc21. The number of aliphatic hydroxyl groups excluding tert-OH is 1. The molecule has 3 N–H and O–H groups in total. The molecular formula is C32H37N5O6. The second kappa shape index (κ2) is 14.1. The monoisotopic (exact) mass is 587 g/mol. The van der Waals surface area contributed by atoms with E-state index in [9.17, 15) is 14.7 Å². The van der Waals surface area contributed by atoms with Crippen LogP contribution in [0.4, 0.5) is 10.6 Å². The quantitative estimate of drug-likeness (QED) is 0.205. The Morgan fingerprint density at radius 1 is 1.07 bits per heavy atom. The van der Waals surface area contributed by atoms with Crippen molar-refractivity contribution in [3.63, 3.8) is 0 Å². The van der Waals surface area contributed by atoms with Crippen LogP contribution < -0.4 is 20.1 Å². The lowest BCUT2D eigenvalue weighted by Crippen LogP contribution is -2.31. The highest BCUT2D eigenvalue weighted by molar-refractivity contribution is 6.03. The number of benzene rings is 2. The Balaban J connectivity index is 1.29. The second-order valence-corrected chi connectivity index (χ2v) is 10.4. The van der Waals surface area contributed by atoms with Gasteiger partial charge in [-0.15, -0.1) is 0 Å². The lowest BCUT2D eigenvalue weighted by atomic mass is 10.1. The summed E-state index contributed by atoms with van der Waals surface area (Å²) in [7, 11) is 3.21. The first-order chi connectivity index (χ1) is 21.0. The number of hydrogen-bond acceptors (Lipinski definition) is 8. The van der Waals surface area contributed by atoms with E-state index in [1.807, 2.05) is 24.3 Å². The molecule has 4 aromatic rings. The van der Waals surface area contributed by atoms with Crippen molar-refractivity contribution in [3.8, 4) is 17.2 Å². The first-order valence-corrected chi connectivity index (χ1v) is 14.4. The third-order valence-corrected chi connectivity index (χ3v) is 7.45. The third kappa shape index (κ3) is 7.31. The summed E-state index contributed by atoms with van der Waals surface area (Å²) in [6.07, 6.45) is 6.02. The molecule has 0 spiro atoms. The van der Waals surface area contributed by atoms with E-state index in [1.165, 1.54) is 4.57 Å². The Morgan fingerprint density at radius 2 is 1.91 bits per heavy atom. The molecule has 11 heteroatoms. The number of likely N-dealkylation sites (tertiary alicyclic amines) is 1. The van der Waals surface area contributed by atoms with Gasteiger partial charge in [0.1, 0.15) is 11.6 Å². The van der Waals surface area contributed by atoms with Gasteiger partial charge in [0.05, 0.1) is 18.7 Å². The number of fused-ring (bicyclic) bond motifs is 1. The van der Waals surface area contributed by atoms with Gasteiger partial charge in [-0.25, -0.2) is 9.78 Å². The molecule has 5 rings (SSSR count).